The largest absolute Gasteiger partial charge is 0.481 e. The molecule has 3 heteroatoms. The minimum absolute atomic E-state index is 0.0633. The summed E-state index contributed by atoms with van der Waals surface area (Å²) in [7, 11) is 0. The molecule has 0 aliphatic carbocycles. The van der Waals surface area contributed by atoms with Crippen LogP contribution >= 0.6 is 0 Å². The third kappa shape index (κ3) is 3.73. The molecule has 0 heterocycles. The predicted octanol–water partition coefficient (Wildman–Crippen LogP) is 3.52. The van der Waals surface area contributed by atoms with Gasteiger partial charge in [0.1, 0.15) is 5.75 Å². The van der Waals surface area contributed by atoms with Crippen molar-refractivity contribution in [3.05, 3.63) is 42.5 Å². The summed E-state index contributed by atoms with van der Waals surface area (Å²) in [6, 6.07) is 14.0. The molecule has 1 amide bonds. The molecule has 0 bridgehead atoms. The highest BCUT2D eigenvalue weighted by molar-refractivity contribution is 5.84. The van der Waals surface area contributed by atoms with Gasteiger partial charge in [-0.15, -0.1) is 0 Å². The summed E-state index contributed by atoms with van der Waals surface area (Å²) >= 11 is 0. The molecule has 2 rings (SSSR count). The van der Waals surface area contributed by atoms with Gasteiger partial charge in [0.05, 0.1) is 0 Å². The van der Waals surface area contributed by atoms with Gasteiger partial charge in [-0.05, 0) is 36.2 Å². The molecule has 2 aromatic carbocycles. The monoisotopic (exact) mass is 271 g/mol. The Morgan fingerprint density at radius 2 is 1.95 bits per heavy atom. The van der Waals surface area contributed by atoms with E-state index in [-0.39, 0.29) is 5.91 Å². The van der Waals surface area contributed by atoms with Crippen LogP contribution < -0.4 is 10.1 Å². The molecule has 0 radical (unpaired) electrons. The van der Waals surface area contributed by atoms with Gasteiger partial charge in [0.15, 0.2) is 6.10 Å². The Kier molecular flexibility index (Phi) is 4.99. The zero-order valence-corrected chi connectivity index (χ0v) is 12.1. The molecule has 0 spiro atoms. The van der Waals surface area contributed by atoms with E-state index in [1.54, 1.807) is 6.92 Å². The van der Waals surface area contributed by atoms with Crippen molar-refractivity contribution >= 4 is 16.7 Å². The summed E-state index contributed by atoms with van der Waals surface area (Å²) in [5, 5.41) is 5.16. The molecule has 2 aromatic rings. The van der Waals surface area contributed by atoms with E-state index in [2.05, 4.69) is 18.3 Å². The van der Waals surface area contributed by atoms with E-state index in [1.807, 2.05) is 36.4 Å². The number of fused-ring (bicyclic) bond motifs is 1. The highest BCUT2D eigenvalue weighted by atomic mass is 16.5. The lowest BCUT2D eigenvalue weighted by Gasteiger charge is -2.15. The maximum absolute atomic E-state index is 11.8. The number of rotatable bonds is 6. The first kappa shape index (κ1) is 14.4. The van der Waals surface area contributed by atoms with E-state index >= 15 is 0 Å². The minimum atomic E-state index is -0.479. The molecule has 0 unspecified atom stereocenters. The Bertz CT molecular complexity index is 580. The SMILES string of the molecule is CCCCNC(=O)[C@H](C)Oc1ccc2ccccc2c1. The summed E-state index contributed by atoms with van der Waals surface area (Å²) in [6.45, 7) is 4.58. The molecule has 106 valence electrons. The highest BCUT2D eigenvalue weighted by Gasteiger charge is 2.13. The molecule has 3 nitrogen and oxygen atoms in total. The topological polar surface area (TPSA) is 38.3 Å². The van der Waals surface area contributed by atoms with E-state index in [0.29, 0.717) is 6.54 Å². The minimum Gasteiger partial charge on any atom is -0.481 e. The quantitative estimate of drug-likeness (QED) is 0.816. The molecule has 0 fully saturated rings. The fourth-order valence-corrected chi connectivity index (χ4v) is 2.03. The van der Waals surface area contributed by atoms with Crippen molar-refractivity contribution in [1.82, 2.24) is 5.32 Å². The second-order valence-electron chi connectivity index (χ2n) is 4.91. The van der Waals surface area contributed by atoms with E-state index in [1.165, 1.54) is 5.39 Å². The van der Waals surface area contributed by atoms with Crippen molar-refractivity contribution in [3.63, 3.8) is 0 Å². The first-order chi connectivity index (χ1) is 9.70. The number of hydrogen-bond acceptors (Lipinski definition) is 2. The van der Waals surface area contributed by atoms with Crippen LogP contribution in [-0.4, -0.2) is 18.6 Å². The van der Waals surface area contributed by atoms with Crippen LogP contribution in [-0.2, 0) is 4.79 Å². The van der Waals surface area contributed by atoms with Gasteiger partial charge in [-0.2, -0.15) is 0 Å². The van der Waals surface area contributed by atoms with Crippen molar-refractivity contribution in [2.45, 2.75) is 32.8 Å². The Hall–Kier alpha value is -2.03. The number of carbonyl (C=O) groups is 1. The molecular formula is C17H21NO2. The number of nitrogens with one attached hydrogen (secondary N) is 1. The average molecular weight is 271 g/mol. The van der Waals surface area contributed by atoms with Crippen LogP contribution in [0.15, 0.2) is 42.5 Å². The van der Waals surface area contributed by atoms with Gasteiger partial charge in [0.25, 0.3) is 5.91 Å². The first-order valence-electron chi connectivity index (χ1n) is 7.14. The second-order valence-corrected chi connectivity index (χ2v) is 4.91. The number of benzene rings is 2. The summed E-state index contributed by atoms with van der Waals surface area (Å²) in [5.41, 5.74) is 0. The molecule has 1 N–H and O–H groups in total. The lowest BCUT2D eigenvalue weighted by Crippen LogP contribution is -2.36. The van der Waals surface area contributed by atoms with Crippen molar-refractivity contribution < 1.29 is 9.53 Å². The van der Waals surface area contributed by atoms with Crippen molar-refractivity contribution in [2.75, 3.05) is 6.54 Å². The smallest absolute Gasteiger partial charge is 0.260 e. The molecule has 0 saturated heterocycles. The maximum Gasteiger partial charge on any atom is 0.260 e. The molecule has 0 saturated carbocycles. The first-order valence-corrected chi connectivity index (χ1v) is 7.14. The van der Waals surface area contributed by atoms with Crippen molar-refractivity contribution in [3.8, 4) is 5.75 Å². The third-order valence-electron chi connectivity index (χ3n) is 3.23. The standard InChI is InChI=1S/C17H21NO2/c1-3-4-11-18-17(19)13(2)20-16-10-9-14-7-5-6-8-15(14)12-16/h5-10,12-13H,3-4,11H2,1-2H3,(H,18,19)/t13-/m0/s1. The van der Waals surface area contributed by atoms with Crippen LogP contribution in [0.3, 0.4) is 0 Å². The summed E-state index contributed by atoms with van der Waals surface area (Å²) < 4.78 is 5.70. The molecule has 20 heavy (non-hydrogen) atoms. The van der Waals surface area contributed by atoms with Gasteiger partial charge in [-0.3, -0.25) is 4.79 Å². The van der Waals surface area contributed by atoms with Crippen molar-refractivity contribution in [2.24, 2.45) is 0 Å². The molecule has 0 aliphatic heterocycles. The maximum atomic E-state index is 11.8. The Morgan fingerprint density at radius 3 is 2.70 bits per heavy atom. The molecule has 0 aromatic heterocycles. The lowest BCUT2D eigenvalue weighted by atomic mass is 10.1. The van der Waals surface area contributed by atoms with E-state index in [4.69, 9.17) is 4.74 Å². The van der Waals surface area contributed by atoms with Crippen molar-refractivity contribution in [1.29, 1.82) is 0 Å². The van der Waals surface area contributed by atoms with Gasteiger partial charge in [0.2, 0.25) is 0 Å². The third-order valence-corrected chi connectivity index (χ3v) is 3.23. The molecule has 0 aliphatic rings. The molecule has 1 atom stereocenters. The zero-order valence-electron chi connectivity index (χ0n) is 12.1. The van der Waals surface area contributed by atoms with Gasteiger partial charge in [-0.25, -0.2) is 0 Å². The predicted molar refractivity (Wildman–Crippen MR) is 82.0 cm³/mol. The Morgan fingerprint density at radius 1 is 1.20 bits per heavy atom. The number of ether oxygens (including phenoxy) is 1. The van der Waals surface area contributed by atoms with Crippen LogP contribution in [0.4, 0.5) is 0 Å². The van der Waals surface area contributed by atoms with E-state index in [9.17, 15) is 4.79 Å². The van der Waals surface area contributed by atoms with Gasteiger partial charge in [0, 0.05) is 6.54 Å². The van der Waals surface area contributed by atoms with Crippen LogP contribution in [0.2, 0.25) is 0 Å². The summed E-state index contributed by atoms with van der Waals surface area (Å²) in [4.78, 5) is 11.8. The van der Waals surface area contributed by atoms with Crippen LogP contribution in [0.5, 0.6) is 5.75 Å². The number of unbranched alkanes of at least 4 members (excludes halogenated alkanes) is 1. The highest BCUT2D eigenvalue weighted by Crippen LogP contribution is 2.21. The van der Waals surface area contributed by atoms with E-state index < -0.39 is 6.10 Å². The van der Waals surface area contributed by atoms with Crippen LogP contribution in [0, 0.1) is 0 Å². The van der Waals surface area contributed by atoms with Gasteiger partial charge >= 0.3 is 0 Å². The fourth-order valence-electron chi connectivity index (χ4n) is 2.03. The van der Waals surface area contributed by atoms with Crippen LogP contribution in [0.25, 0.3) is 10.8 Å². The number of carbonyl (C=O) groups excluding carboxylic acids is 1. The lowest BCUT2D eigenvalue weighted by molar-refractivity contribution is -0.127. The summed E-state index contributed by atoms with van der Waals surface area (Å²) in [5.74, 6) is 0.661. The molecular weight excluding hydrogens is 250 g/mol. The zero-order chi connectivity index (χ0) is 14.4. The Labute approximate surface area is 119 Å². The number of hydrogen-bond donors (Lipinski definition) is 1. The van der Waals surface area contributed by atoms with E-state index in [0.717, 1.165) is 24.0 Å². The van der Waals surface area contributed by atoms with Gasteiger partial charge < -0.3 is 10.1 Å². The normalized spacial score (nSPS) is 12.1. The Balaban J connectivity index is 1.98. The average Bonchev–Trinajstić information content (AvgIpc) is 2.47. The second kappa shape index (κ2) is 6.94. The van der Waals surface area contributed by atoms with Gasteiger partial charge in [-0.1, -0.05) is 43.7 Å². The fraction of sp³-hybridized carbons (Fsp3) is 0.353. The van der Waals surface area contributed by atoms with Crippen LogP contribution in [0.1, 0.15) is 26.7 Å². The summed E-state index contributed by atoms with van der Waals surface area (Å²) in [6.07, 6.45) is 1.59. The number of amides is 1.